The summed E-state index contributed by atoms with van der Waals surface area (Å²) in [6, 6.07) is 25.7. The van der Waals surface area contributed by atoms with Crippen LogP contribution in [0.1, 0.15) is 25.3 Å². The van der Waals surface area contributed by atoms with E-state index in [1.807, 2.05) is 18.3 Å². The molecule has 0 aliphatic rings. The lowest BCUT2D eigenvalue weighted by Gasteiger charge is -2.10. The molecule has 0 aliphatic heterocycles. The number of para-hydroxylation sites is 1. The van der Waals surface area contributed by atoms with Crippen LogP contribution >= 0.6 is 0 Å². The molecule has 150 valence electrons. The number of benzene rings is 3. The second-order valence-corrected chi connectivity index (χ2v) is 8.08. The summed E-state index contributed by atoms with van der Waals surface area (Å²) in [5.41, 5.74) is 7.43. The standard InChI is InChI=1S/C28H22N2O/c1-3-7-18(2)19-11-13-25-22(16-19)21-8-4-5-9-24(21)30(25)20-12-14-26-23(17-20)28-27(31-26)10-6-15-29-28/h3-18H,1-2H3/b7-3-. The van der Waals surface area contributed by atoms with Crippen LogP contribution in [-0.2, 0) is 0 Å². The molecule has 3 aromatic carbocycles. The van der Waals surface area contributed by atoms with Crippen molar-refractivity contribution in [2.75, 3.05) is 0 Å². The largest absolute Gasteiger partial charge is 0.454 e. The summed E-state index contributed by atoms with van der Waals surface area (Å²) in [4.78, 5) is 4.56. The van der Waals surface area contributed by atoms with E-state index in [9.17, 15) is 0 Å². The fraction of sp³-hybridized carbons (Fsp3) is 0.107. The number of allylic oxidation sites excluding steroid dienone is 2. The lowest BCUT2D eigenvalue weighted by atomic mass is 9.98. The van der Waals surface area contributed by atoms with Crippen molar-refractivity contribution in [2.24, 2.45) is 0 Å². The van der Waals surface area contributed by atoms with Gasteiger partial charge in [-0.2, -0.15) is 0 Å². The molecule has 0 spiro atoms. The molecule has 3 heterocycles. The lowest BCUT2D eigenvalue weighted by molar-refractivity contribution is 0.668. The first-order chi connectivity index (χ1) is 15.2. The molecule has 0 amide bonds. The van der Waals surface area contributed by atoms with Gasteiger partial charge in [0.15, 0.2) is 5.58 Å². The minimum atomic E-state index is 0.385. The summed E-state index contributed by atoms with van der Waals surface area (Å²) >= 11 is 0. The minimum absolute atomic E-state index is 0.385. The molecule has 6 aromatic rings. The van der Waals surface area contributed by atoms with Crippen molar-refractivity contribution in [2.45, 2.75) is 19.8 Å². The van der Waals surface area contributed by atoms with E-state index >= 15 is 0 Å². The summed E-state index contributed by atoms with van der Waals surface area (Å²) in [5.74, 6) is 0.385. The van der Waals surface area contributed by atoms with Gasteiger partial charge in [0.2, 0.25) is 0 Å². The Bertz CT molecular complexity index is 1620. The van der Waals surface area contributed by atoms with Gasteiger partial charge in [-0.15, -0.1) is 0 Å². The van der Waals surface area contributed by atoms with Crippen LogP contribution in [0.25, 0.3) is 49.6 Å². The number of aromatic nitrogens is 2. The van der Waals surface area contributed by atoms with Crippen LogP contribution in [0.5, 0.6) is 0 Å². The normalized spacial score (nSPS) is 13.2. The Morgan fingerprint density at radius 3 is 2.61 bits per heavy atom. The number of hydrogen-bond acceptors (Lipinski definition) is 2. The van der Waals surface area contributed by atoms with Crippen LogP contribution in [0, 0.1) is 0 Å². The Hall–Kier alpha value is -3.85. The molecule has 31 heavy (non-hydrogen) atoms. The first kappa shape index (κ1) is 18.0. The molecule has 0 fully saturated rings. The molecule has 3 nitrogen and oxygen atoms in total. The molecule has 1 atom stereocenters. The molecule has 0 saturated heterocycles. The summed E-state index contributed by atoms with van der Waals surface area (Å²) in [6.45, 7) is 4.32. The highest BCUT2D eigenvalue weighted by Crippen LogP contribution is 2.36. The van der Waals surface area contributed by atoms with Gasteiger partial charge in [0.1, 0.15) is 11.1 Å². The van der Waals surface area contributed by atoms with Crippen LogP contribution < -0.4 is 0 Å². The number of fused-ring (bicyclic) bond motifs is 6. The van der Waals surface area contributed by atoms with Crippen LogP contribution in [0.3, 0.4) is 0 Å². The van der Waals surface area contributed by atoms with E-state index in [1.54, 1.807) is 0 Å². The molecular weight excluding hydrogens is 380 g/mol. The first-order valence-corrected chi connectivity index (χ1v) is 10.7. The maximum Gasteiger partial charge on any atom is 0.153 e. The zero-order chi connectivity index (χ0) is 20.9. The highest BCUT2D eigenvalue weighted by Gasteiger charge is 2.15. The van der Waals surface area contributed by atoms with E-state index in [2.05, 4.69) is 96.2 Å². The Kier molecular flexibility index (Phi) is 3.97. The smallest absolute Gasteiger partial charge is 0.153 e. The number of hydrogen-bond donors (Lipinski definition) is 0. The number of rotatable bonds is 3. The van der Waals surface area contributed by atoms with Crippen molar-refractivity contribution < 1.29 is 4.42 Å². The third kappa shape index (κ3) is 2.70. The molecule has 0 aliphatic carbocycles. The maximum atomic E-state index is 5.99. The monoisotopic (exact) mass is 402 g/mol. The topological polar surface area (TPSA) is 31.0 Å². The molecule has 3 heteroatoms. The fourth-order valence-corrected chi connectivity index (χ4v) is 4.68. The van der Waals surface area contributed by atoms with Gasteiger partial charge in [-0.3, -0.25) is 4.98 Å². The van der Waals surface area contributed by atoms with Crippen LogP contribution in [0.4, 0.5) is 0 Å². The average molecular weight is 402 g/mol. The minimum Gasteiger partial charge on any atom is -0.454 e. The molecule has 1 unspecified atom stereocenters. The fourth-order valence-electron chi connectivity index (χ4n) is 4.68. The van der Waals surface area contributed by atoms with E-state index in [0.717, 1.165) is 27.8 Å². The van der Waals surface area contributed by atoms with Crippen molar-refractivity contribution in [3.05, 3.63) is 96.7 Å². The van der Waals surface area contributed by atoms with Crippen molar-refractivity contribution in [3.63, 3.8) is 0 Å². The highest BCUT2D eigenvalue weighted by molar-refractivity contribution is 6.10. The average Bonchev–Trinajstić information content (AvgIpc) is 3.34. The molecule has 0 N–H and O–H groups in total. The van der Waals surface area contributed by atoms with Crippen molar-refractivity contribution in [1.82, 2.24) is 9.55 Å². The van der Waals surface area contributed by atoms with E-state index in [1.165, 1.54) is 27.4 Å². The van der Waals surface area contributed by atoms with Gasteiger partial charge in [0, 0.05) is 28.0 Å². The zero-order valence-corrected chi connectivity index (χ0v) is 17.5. The van der Waals surface area contributed by atoms with Crippen molar-refractivity contribution >= 4 is 43.9 Å². The Labute approximate surface area is 180 Å². The third-order valence-electron chi connectivity index (χ3n) is 6.17. The number of furan rings is 1. The quantitative estimate of drug-likeness (QED) is 0.283. The van der Waals surface area contributed by atoms with E-state index < -0.39 is 0 Å². The summed E-state index contributed by atoms with van der Waals surface area (Å²) in [5, 5.41) is 3.58. The Balaban J connectivity index is 1.65. The SMILES string of the molecule is C/C=C\C(C)c1ccc2c(c1)c1ccccc1n2-c1ccc2oc3cccnc3c2c1. The first-order valence-electron chi connectivity index (χ1n) is 10.7. The predicted molar refractivity (Wildman–Crippen MR) is 129 cm³/mol. The molecule has 3 aromatic heterocycles. The predicted octanol–water partition coefficient (Wildman–Crippen LogP) is 7.76. The second-order valence-electron chi connectivity index (χ2n) is 8.08. The van der Waals surface area contributed by atoms with E-state index in [0.29, 0.717) is 5.92 Å². The van der Waals surface area contributed by atoms with E-state index in [4.69, 9.17) is 4.42 Å². The van der Waals surface area contributed by atoms with Crippen molar-refractivity contribution in [1.29, 1.82) is 0 Å². The van der Waals surface area contributed by atoms with Crippen LogP contribution in [0.2, 0.25) is 0 Å². The van der Waals surface area contributed by atoms with Gasteiger partial charge < -0.3 is 8.98 Å². The van der Waals surface area contributed by atoms with Gasteiger partial charge >= 0.3 is 0 Å². The molecular formula is C28H22N2O. The summed E-state index contributed by atoms with van der Waals surface area (Å²) in [6.07, 6.45) is 6.18. The van der Waals surface area contributed by atoms with Crippen LogP contribution in [0.15, 0.2) is 95.6 Å². The van der Waals surface area contributed by atoms with E-state index in [-0.39, 0.29) is 0 Å². The summed E-state index contributed by atoms with van der Waals surface area (Å²) < 4.78 is 8.33. The van der Waals surface area contributed by atoms with Gasteiger partial charge in [-0.25, -0.2) is 0 Å². The molecule has 0 saturated carbocycles. The molecule has 0 bridgehead atoms. The lowest BCUT2D eigenvalue weighted by Crippen LogP contribution is -1.94. The summed E-state index contributed by atoms with van der Waals surface area (Å²) in [7, 11) is 0. The van der Waals surface area contributed by atoms with Crippen molar-refractivity contribution in [3.8, 4) is 5.69 Å². The Morgan fingerprint density at radius 2 is 1.71 bits per heavy atom. The molecule has 0 radical (unpaired) electrons. The second kappa shape index (κ2) is 6.85. The Morgan fingerprint density at radius 1 is 0.839 bits per heavy atom. The van der Waals surface area contributed by atoms with Gasteiger partial charge in [0.05, 0.1) is 11.0 Å². The van der Waals surface area contributed by atoms with Gasteiger partial charge in [-0.1, -0.05) is 43.3 Å². The number of pyridine rings is 1. The zero-order valence-electron chi connectivity index (χ0n) is 17.5. The van der Waals surface area contributed by atoms with Gasteiger partial charge in [0.25, 0.3) is 0 Å². The van der Waals surface area contributed by atoms with Crippen LogP contribution in [-0.4, -0.2) is 9.55 Å². The highest BCUT2D eigenvalue weighted by atomic mass is 16.3. The number of nitrogens with zero attached hydrogens (tertiary/aromatic N) is 2. The third-order valence-corrected chi connectivity index (χ3v) is 6.17. The molecule has 6 rings (SSSR count). The maximum absolute atomic E-state index is 5.99. The van der Waals surface area contributed by atoms with Gasteiger partial charge in [-0.05, 0) is 66.9 Å².